The summed E-state index contributed by atoms with van der Waals surface area (Å²) in [6, 6.07) is 5.14. The lowest BCUT2D eigenvalue weighted by Crippen LogP contribution is -2.33. The fourth-order valence-electron chi connectivity index (χ4n) is 2.08. The lowest BCUT2D eigenvalue weighted by atomic mass is 10.1. The van der Waals surface area contributed by atoms with Crippen molar-refractivity contribution in [1.82, 2.24) is 15.6 Å². The van der Waals surface area contributed by atoms with Gasteiger partial charge in [-0.2, -0.15) is 0 Å². The molecule has 0 saturated heterocycles. The van der Waals surface area contributed by atoms with Gasteiger partial charge in [-0.3, -0.25) is 9.59 Å². The van der Waals surface area contributed by atoms with Crippen molar-refractivity contribution in [1.29, 1.82) is 0 Å². The smallest absolute Gasteiger partial charge is 0.252 e. The van der Waals surface area contributed by atoms with Gasteiger partial charge in [-0.15, -0.1) is 12.4 Å². The van der Waals surface area contributed by atoms with Gasteiger partial charge in [-0.25, -0.2) is 4.39 Å². The summed E-state index contributed by atoms with van der Waals surface area (Å²) in [5, 5.41) is 6.32. The summed E-state index contributed by atoms with van der Waals surface area (Å²) in [6.45, 7) is 2.29. The van der Waals surface area contributed by atoms with Crippen LogP contribution in [0.15, 0.2) is 29.1 Å². The second-order valence-corrected chi connectivity index (χ2v) is 4.74. The summed E-state index contributed by atoms with van der Waals surface area (Å²) in [4.78, 5) is 26.3. The number of halogens is 2. The van der Waals surface area contributed by atoms with Gasteiger partial charge >= 0.3 is 0 Å². The molecule has 0 fully saturated rings. The van der Waals surface area contributed by atoms with Crippen molar-refractivity contribution in [3.8, 4) is 0 Å². The number of aromatic nitrogens is 1. The van der Waals surface area contributed by atoms with Gasteiger partial charge in [0.25, 0.3) is 5.91 Å². The number of H-pyrrole nitrogens is 1. The summed E-state index contributed by atoms with van der Waals surface area (Å²) < 4.78 is 18.1. The van der Waals surface area contributed by atoms with Gasteiger partial charge in [0.1, 0.15) is 5.82 Å². The summed E-state index contributed by atoms with van der Waals surface area (Å²) in [5.41, 5.74) is 0.0907. The molecule has 0 aliphatic rings. The number of hydrogen-bond donors (Lipinski definition) is 3. The SMILES string of the molecule is COCCNCCNC(=O)c1cc(=O)[nH]c2cc(F)ccc12.Cl. The van der Waals surface area contributed by atoms with Crippen molar-refractivity contribution >= 4 is 29.2 Å². The maximum absolute atomic E-state index is 13.2. The molecular weight excluding hydrogens is 325 g/mol. The topological polar surface area (TPSA) is 83.2 Å². The van der Waals surface area contributed by atoms with E-state index in [1.165, 1.54) is 24.3 Å². The van der Waals surface area contributed by atoms with Gasteiger partial charge in [0.05, 0.1) is 17.7 Å². The zero-order chi connectivity index (χ0) is 15.9. The van der Waals surface area contributed by atoms with Crippen LogP contribution in [0.2, 0.25) is 0 Å². The van der Waals surface area contributed by atoms with Crippen molar-refractivity contribution in [2.24, 2.45) is 0 Å². The molecule has 1 heterocycles. The fourth-order valence-corrected chi connectivity index (χ4v) is 2.08. The Kier molecular flexibility index (Phi) is 7.67. The zero-order valence-corrected chi connectivity index (χ0v) is 13.5. The molecule has 0 saturated carbocycles. The Morgan fingerprint density at radius 3 is 2.78 bits per heavy atom. The average Bonchev–Trinajstić information content (AvgIpc) is 2.49. The van der Waals surface area contributed by atoms with Gasteiger partial charge in [0.15, 0.2) is 0 Å². The van der Waals surface area contributed by atoms with Gasteiger partial charge in [-0.1, -0.05) is 0 Å². The maximum Gasteiger partial charge on any atom is 0.252 e. The first-order valence-electron chi connectivity index (χ1n) is 6.92. The molecule has 0 aliphatic carbocycles. The van der Waals surface area contributed by atoms with E-state index in [4.69, 9.17) is 4.74 Å². The van der Waals surface area contributed by atoms with Crippen molar-refractivity contribution in [3.05, 3.63) is 46.0 Å². The minimum Gasteiger partial charge on any atom is -0.383 e. The first kappa shape index (κ1) is 19.1. The van der Waals surface area contributed by atoms with Gasteiger partial charge in [0.2, 0.25) is 5.56 Å². The highest BCUT2D eigenvalue weighted by atomic mass is 35.5. The maximum atomic E-state index is 13.2. The highest BCUT2D eigenvalue weighted by Crippen LogP contribution is 2.16. The highest BCUT2D eigenvalue weighted by molar-refractivity contribution is 6.05. The minimum atomic E-state index is -0.469. The van der Waals surface area contributed by atoms with Crippen LogP contribution in [0.5, 0.6) is 0 Å². The Labute approximate surface area is 138 Å². The van der Waals surface area contributed by atoms with Crippen molar-refractivity contribution in [3.63, 3.8) is 0 Å². The van der Waals surface area contributed by atoms with Crippen LogP contribution in [0.1, 0.15) is 10.4 Å². The van der Waals surface area contributed by atoms with Crippen LogP contribution in [-0.2, 0) is 4.74 Å². The predicted molar refractivity (Wildman–Crippen MR) is 88.9 cm³/mol. The Bertz CT molecular complexity index is 721. The quantitative estimate of drug-likeness (QED) is 0.656. The van der Waals surface area contributed by atoms with Crippen LogP contribution in [0, 0.1) is 5.82 Å². The van der Waals surface area contributed by atoms with Crippen LogP contribution >= 0.6 is 12.4 Å². The van der Waals surface area contributed by atoms with Crippen molar-refractivity contribution in [2.75, 3.05) is 33.4 Å². The molecule has 1 amide bonds. The van der Waals surface area contributed by atoms with Gasteiger partial charge in [-0.05, 0) is 18.2 Å². The number of carbonyl (C=O) groups excluding carboxylic acids is 1. The van der Waals surface area contributed by atoms with E-state index in [0.29, 0.717) is 37.1 Å². The molecule has 3 N–H and O–H groups in total. The number of hydrogen-bond acceptors (Lipinski definition) is 4. The van der Waals surface area contributed by atoms with Gasteiger partial charge < -0.3 is 20.4 Å². The molecule has 0 aliphatic heterocycles. The Morgan fingerprint density at radius 2 is 2.04 bits per heavy atom. The third-order valence-electron chi connectivity index (χ3n) is 3.12. The van der Waals surface area contributed by atoms with Crippen LogP contribution in [0.4, 0.5) is 4.39 Å². The van der Waals surface area contributed by atoms with Crippen LogP contribution in [0.25, 0.3) is 10.9 Å². The Balaban J connectivity index is 0.00000264. The molecule has 2 aromatic rings. The van der Waals surface area contributed by atoms with E-state index >= 15 is 0 Å². The number of rotatable bonds is 7. The molecular formula is C15H19ClFN3O3. The predicted octanol–water partition coefficient (Wildman–Crippen LogP) is 1.05. The Hall–Kier alpha value is -1.96. The monoisotopic (exact) mass is 343 g/mol. The average molecular weight is 344 g/mol. The number of aromatic amines is 1. The van der Waals surface area contributed by atoms with E-state index in [1.54, 1.807) is 7.11 Å². The summed E-state index contributed by atoms with van der Waals surface area (Å²) in [6.07, 6.45) is 0. The van der Waals surface area contributed by atoms with E-state index in [2.05, 4.69) is 15.6 Å². The largest absolute Gasteiger partial charge is 0.383 e. The lowest BCUT2D eigenvalue weighted by Gasteiger charge is -2.08. The molecule has 0 spiro atoms. The molecule has 0 radical (unpaired) electrons. The van der Waals surface area contributed by atoms with Gasteiger partial charge in [0, 0.05) is 38.2 Å². The van der Waals surface area contributed by atoms with E-state index in [-0.39, 0.29) is 23.9 Å². The number of ether oxygens (including phenoxy) is 1. The number of methoxy groups -OCH3 is 1. The number of benzene rings is 1. The van der Waals surface area contributed by atoms with Crippen LogP contribution in [0.3, 0.4) is 0 Å². The zero-order valence-electron chi connectivity index (χ0n) is 12.6. The molecule has 1 aromatic carbocycles. The molecule has 6 nitrogen and oxygen atoms in total. The third-order valence-corrected chi connectivity index (χ3v) is 3.12. The molecule has 0 bridgehead atoms. The standard InChI is InChI=1S/C15H18FN3O3.ClH/c1-22-7-6-17-4-5-18-15(21)12-9-14(20)19-13-8-10(16)2-3-11(12)13;/h2-3,8-9,17H,4-7H2,1H3,(H,18,21)(H,19,20);1H. The Morgan fingerprint density at radius 1 is 1.26 bits per heavy atom. The minimum absolute atomic E-state index is 0. The molecule has 1 aromatic heterocycles. The summed E-state index contributed by atoms with van der Waals surface area (Å²) >= 11 is 0. The normalized spacial score (nSPS) is 10.3. The van der Waals surface area contributed by atoms with Crippen molar-refractivity contribution < 1.29 is 13.9 Å². The first-order chi connectivity index (χ1) is 10.6. The number of carbonyl (C=O) groups is 1. The molecule has 8 heteroatoms. The number of fused-ring (bicyclic) bond motifs is 1. The number of pyridine rings is 1. The number of amides is 1. The second kappa shape index (κ2) is 9.24. The summed E-state index contributed by atoms with van der Waals surface area (Å²) in [5.74, 6) is -0.834. The summed E-state index contributed by atoms with van der Waals surface area (Å²) in [7, 11) is 1.62. The van der Waals surface area contributed by atoms with Crippen LogP contribution < -0.4 is 16.2 Å². The molecule has 0 atom stereocenters. The van der Waals surface area contributed by atoms with E-state index in [9.17, 15) is 14.0 Å². The molecule has 23 heavy (non-hydrogen) atoms. The molecule has 0 unspecified atom stereocenters. The fraction of sp³-hybridized carbons (Fsp3) is 0.333. The third kappa shape index (κ3) is 5.31. The van der Waals surface area contributed by atoms with E-state index in [0.717, 1.165) is 0 Å². The number of nitrogens with one attached hydrogen (secondary N) is 3. The lowest BCUT2D eigenvalue weighted by molar-refractivity contribution is 0.0955. The van der Waals surface area contributed by atoms with Crippen LogP contribution in [-0.4, -0.2) is 44.2 Å². The molecule has 2 rings (SSSR count). The second-order valence-electron chi connectivity index (χ2n) is 4.74. The highest BCUT2D eigenvalue weighted by Gasteiger charge is 2.11. The molecule has 126 valence electrons. The first-order valence-corrected chi connectivity index (χ1v) is 6.92. The van der Waals surface area contributed by atoms with Crippen molar-refractivity contribution in [2.45, 2.75) is 0 Å². The van der Waals surface area contributed by atoms with E-state index in [1.807, 2.05) is 0 Å². The van der Waals surface area contributed by atoms with E-state index < -0.39 is 11.4 Å².